The van der Waals surface area contributed by atoms with Crippen LogP contribution in [0, 0.1) is 0 Å². The van der Waals surface area contributed by atoms with E-state index in [-0.39, 0.29) is 107 Å². The van der Waals surface area contributed by atoms with Crippen molar-refractivity contribution in [3.63, 3.8) is 0 Å². The monoisotopic (exact) mass is 1900 g/mol. The summed E-state index contributed by atoms with van der Waals surface area (Å²) in [6.07, 6.45) is 1.21. The quantitative estimate of drug-likeness (QED) is 0.149. The smallest absolute Gasteiger partial charge is 0.582 e. The van der Waals surface area contributed by atoms with Crippen molar-refractivity contribution in [2.75, 3.05) is 0 Å². The maximum Gasteiger partial charge on any atom is 2.00 e. The summed E-state index contributed by atoms with van der Waals surface area (Å²) in [5.74, 6) is 0. The van der Waals surface area contributed by atoms with Gasteiger partial charge < -0.3 is 81.6 Å². The van der Waals surface area contributed by atoms with Crippen molar-refractivity contribution in [2.45, 2.75) is 24.7 Å². The van der Waals surface area contributed by atoms with E-state index in [9.17, 15) is 52.7 Å². The van der Waals surface area contributed by atoms with Gasteiger partial charge in [0.25, 0.3) is 0 Å². The molecule has 20 nitrogen and oxygen atoms in total. The van der Waals surface area contributed by atoms with Gasteiger partial charge in [-0.2, -0.15) is 77.5 Å². The van der Waals surface area contributed by atoms with Crippen LogP contribution in [0.3, 0.4) is 0 Å². The fourth-order valence-electron chi connectivity index (χ4n) is 5.06. The molecule has 12 rings (SSSR count). The Hall–Kier alpha value is -7.81. The third kappa shape index (κ3) is 27.5. The third-order valence-corrected chi connectivity index (χ3v) is 8.52. The van der Waals surface area contributed by atoms with Crippen molar-refractivity contribution in [1.82, 2.24) is 102 Å². The zero-order valence-electron chi connectivity index (χ0n) is 41.2. The van der Waals surface area contributed by atoms with Gasteiger partial charge in [0, 0.05) is 72.4 Å². The van der Waals surface area contributed by atoms with Gasteiger partial charge in [-0.05, 0) is 72.8 Å². The van der Waals surface area contributed by atoms with Crippen LogP contribution in [0.25, 0.3) is 45.6 Å². The Kier molecular flexibility index (Phi) is 33.7. The van der Waals surface area contributed by atoms with Gasteiger partial charge in [-0.3, -0.25) is 19.9 Å². The molecule has 0 aliphatic rings. The summed E-state index contributed by atoms with van der Waals surface area (Å²) in [5.41, 5.74) is -1.98. The largest absolute Gasteiger partial charge is 2.00 e. The summed E-state index contributed by atoms with van der Waals surface area (Å²) in [7, 11) is 0. The fourth-order valence-corrected chi connectivity index (χ4v) is 5.06. The minimum absolute atomic E-state index is 0. The number of pyridine rings is 4. The summed E-state index contributed by atoms with van der Waals surface area (Å²) in [6, 6.07) is 30.3. The molecule has 0 bridgehead atoms. The third-order valence-electron chi connectivity index (χ3n) is 8.52. The van der Waals surface area contributed by atoms with Crippen molar-refractivity contribution >= 4 is 0 Å². The second kappa shape index (κ2) is 38.1. The number of hydrogen-bond acceptors (Lipinski definition) is 12. The molecule has 12 aromatic rings. The van der Waals surface area contributed by atoms with Crippen LogP contribution in [0.5, 0.6) is 0 Å². The van der Waals surface area contributed by atoms with Crippen LogP contribution in [0.2, 0.25) is 0 Å². The zero-order chi connectivity index (χ0) is 57.7. The molecule has 0 aliphatic carbocycles. The minimum Gasteiger partial charge on any atom is -0.582 e. The standard InChI is InChI=1S/4C9H5F3N3.4C3H3N2.4Pt/c4*10-9(11,12)8-5-7(14-15-8)6-3-1-2-4-13-6;4*1-2-4-5-3-1;;;;/h4*1-5H;4*1-3H;;;;/q8*-1;4*+2. The Labute approximate surface area is 523 Å². The first-order chi connectivity index (χ1) is 38.3. The molecule has 36 heteroatoms. The van der Waals surface area contributed by atoms with E-state index in [2.05, 4.69) is 102 Å². The van der Waals surface area contributed by atoms with Crippen LogP contribution in [0.1, 0.15) is 22.8 Å². The topological polar surface area (TPSA) is 267 Å². The van der Waals surface area contributed by atoms with Gasteiger partial charge in [0.05, 0.1) is 0 Å². The van der Waals surface area contributed by atoms with E-state index in [4.69, 9.17) is 0 Å². The van der Waals surface area contributed by atoms with E-state index in [1.807, 2.05) is 0 Å². The molecule has 0 radical (unpaired) electrons. The summed E-state index contributed by atoms with van der Waals surface area (Å²) in [5, 5.41) is 53.7. The van der Waals surface area contributed by atoms with Gasteiger partial charge >= 0.3 is 109 Å². The molecule has 0 spiro atoms. The molecule has 84 heavy (non-hydrogen) atoms. The van der Waals surface area contributed by atoms with Crippen molar-refractivity contribution in [1.29, 1.82) is 0 Å². The van der Waals surface area contributed by atoms with Gasteiger partial charge in [0.15, 0.2) is 0 Å². The molecule has 0 N–H and O–H groups in total. The van der Waals surface area contributed by atoms with E-state index < -0.39 is 47.5 Å². The Morgan fingerprint density at radius 2 is 0.464 bits per heavy atom. The summed E-state index contributed by atoms with van der Waals surface area (Å²) in [4.78, 5) is 15.5. The number of nitrogens with zero attached hydrogens (tertiary/aromatic N) is 20. The average molecular weight is 1900 g/mol. The van der Waals surface area contributed by atoms with Gasteiger partial charge in [-0.25, -0.2) is 0 Å². The van der Waals surface area contributed by atoms with Crippen LogP contribution < -0.4 is 40.8 Å². The molecule has 0 aromatic carbocycles. The van der Waals surface area contributed by atoms with Crippen LogP contribution in [0.4, 0.5) is 52.7 Å². The SMILES string of the molecule is FC(F)(F)c1cc(-c2ccccn2)[n-]n1.FC(F)(F)c1cc(-c2ccccn2)[n-]n1.FC(F)(F)c1cc(-c2ccccn2)[n-]n1.FC(F)(F)c1cc(-c2ccccn2)[n-]n1.[Pt+2].[Pt+2].[Pt+2].[Pt+2].c1cn[n-]c1.c1cn[n-]c1.c1cn[n-]c1.c1cn[n-]c1. The van der Waals surface area contributed by atoms with E-state index in [0.29, 0.717) is 22.8 Å². The second-order valence-electron chi connectivity index (χ2n) is 14.2. The van der Waals surface area contributed by atoms with Crippen LogP contribution in [-0.4, -0.2) is 60.7 Å². The first-order valence-corrected chi connectivity index (χ1v) is 21.8. The zero-order valence-corrected chi connectivity index (χ0v) is 50.3. The van der Waals surface area contributed by atoms with Gasteiger partial charge in [-0.1, -0.05) is 71.3 Å². The minimum atomic E-state index is -4.46. The van der Waals surface area contributed by atoms with E-state index >= 15 is 0 Å². The van der Waals surface area contributed by atoms with E-state index in [1.54, 1.807) is 147 Å². The molecule has 12 heterocycles. The van der Waals surface area contributed by atoms with Crippen LogP contribution >= 0.6 is 0 Å². The molecular weight excluding hydrogens is 1860 g/mol. The van der Waals surface area contributed by atoms with Crippen molar-refractivity contribution in [2.24, 2.45) is 0 Å². The summed E-state index contributed by atoms with van der Waals surface area (Å²) < 4.78 is 146. The van der Waals surface area contributed by atoms with E-state index in [0.717, 1.165) is 24.3 Å². The Morgan fingerprint density at radius 3 is 0.571 bits per heavy atom. The summed E-state index contributed by atoms with van der Waals surface area (Å²) >= 11 is 0. The number of alkyl halides is 12. The molecule has 0 amide bonds. The Balaban J connectivity index is 0.000000496. The summed E-state index contributed by atoms with van der Waals surface area (Å²) in [6.45, 7) is 0. The van der Waals surface area contributed by atoms with Crippen LogP contribution in [-0.2, 0) is 109 Å². The first kappa shape index (κ1) is 74.2. The molecule has 448 valence electrons. The molecule has 0 aliphatic heterocycles. The Bertz CT molecular complexity index is 2870. The van der Waals surface area contributed by atoms with Gasteiger partial charge in [0.2, 0.25) is 0 Å². The Morgan fingerprint density at radius 1 is 0.262 bits per heavy atom. The molecule has 0 saturated heterocycles. The molecule has 0 unspecified atom stereocenters. The number of hydrogen-bond donors (Lipinski definition) is 0. The van der Waals surface area contributed by atoms with Crippen molar-refractivity contribution in [3.05, 3.63) is 218 Å². The average Bonchev–Trinajstić information content (AvgIpc) is 4.48. The normalized spacial score (nSPS) is 10.2. The van der Waals surface area contributed by atoms with Gasteiger partial charge in [0.1, 0.15) is 22.8 Å². The molecular formula is C48H32F12N20Pt4. The van der Waals surface area contributed by atoms with E-state index in [1.165, 1.54) is 24.8 Å². The van der Waals surface area contributed by atoms with Gasteiger partial charge in [-0.15, -0.1) is 0 Å². The van der Waals surface area contributed by atoms with Crippen molar-refractivity contribution in [3.8, 4) is 45.6 Å². The van der Waals surface area contributed by atoms with Crippen molar-refractivity contribution < 1.29 is 137 Å². The second-order valence-corrected chi connectivity index (χ2v) is 14.2. The maximum absolute atomic E-state index is 12.2. The fraction of sp³-hybridized carbons (Fsp3) is 0.0833. The number of rotatable bonds is 4. The molecule has 0 atom stereocenters. The number of aromatic nitrogens is 20. The van der Waals surface area contributed by atoms with Crippen LogP contribution in [0.15, 0.2) is 196 Å². The maximum atomic E-state index is 12.2. The predicted octanol–water partition coefficient (Wildman–Crippen LogP) is 8.62. The molecule has 0 fully saturated rings. The molecule has 0 saturated carbocycles. The molecule has 12 aromatic heterocycles. The number of halogens is 12. The predicted molar refractivity (Wildman–Crippen MR) is 253 cm³/mol. The first-order valence-electron chi connectivity index (χ1n) is 21.8.